The summed E-state index contributed by atoms with van der Waals surface area (Å²) in [6.07, 6.45) is 1.88. The Kier molecular flexibility index (Phi) is 7.52. The van der Waals surface area contributed by atoms with Crippen LogP contribution in [-0.4, -0.2) is 4.57 Å². The smallest absolute Gasteiger partial charge is 0.142 e. The first-order valence-corrected chi connectivity index (χ1v) is 18.4. The Morgan fingerprint density at radius 3 is 1.91 bits per heavy atom. The molecule has 256 valence electrons. The van der Waals surface area contributed by atoms with Crippen molar-refractivity contribution in [1.82, 2.24) is 4.57 Å². The van der Waals surface area contributed by atoms with Crippen molar-refractivity contribution >= 4 is 66.7 Å². The number of furan rings is 1. The number of aryl methyl sites for hydroxylation is 1. The highest BCUT2D eigenvalue weighted by Crippen LogP contribution is 2.42. The van der Waals surface area contributed by atoms with Crippen molar-refractivity contribution in [1.29, 1.82) is 0 Å². The van der Waals surface area contributed by atoms with Gasteiger partial charge in [-0.2, -0.15) is 0 Å². The van der Waals surface area contributed by atoms with Crippen LogP contribution in [0.2, 0.25) is 0 Å². The van der Waals surface area contributed by atoms with Crippen molar-refractivity contribution in [2.75, 3.05) is 4.90 Å². The van der Waals surface area contributed by atoms with Gasteiger partial charge in [-0.1, -0.05) is 134 Å². The minimum absolute atomic E-state index is 0.883. The fraction of sp³-hybridized carbons (Fsp3) is 0.0196. The van der Waals surface area contributed by atoms with Gasteiger partial charge in [-0.05, 0) is 89.7 Å². The van der Waals surface area contributed by atoms with Crippen LogP contribution in [0.5, 0.6) is 0 Å². The number of benzene rings is 8. The molecule has 10 aromatic rings. The molecule has 0 bridgehead atoms. The Hall–Kier alpha value is -7.10. The Morgan fingerprint density at radius 2 is 1.13 bits per heavy atom. The van der Waals surface area contributed by atoms with E-state index in [0.717, 1.165) is 56.2 Å². The lowest BCUT2D eigenvalue weighted by Crippen LogP contribution is -2.10. The van der Waals surface area contributed by atoms with Crippen molar-refractivity contribution in [2.24, 2.45) is 0 Å². The molecule has 0 aliphatic rings. The lowest BCUT2D eigenvalue weighted by atomic mass is 10.00. The van der Waals surface area contributed by atoms with Crippen LogP contribution in [0.15, 0.2) is 193 Å². The van der Waals surface area contributed by atoms with Gasteiger partial charge < -0.3 is 13.9 Å². The van der Waals surface area contributed by atoms with Gasteiger partial charge in [0.2, 0.25) is 0 Å². The van der Waals surface area contributed by atoms with E-state index >= 15 is 0 Å². The number of rotatable bonds is 7. The molecule has 0 unspecified atom stereocenters. The molecular formula is C51H36N2O. The topological polar surface area (TPSA) is 21.3 Å². The second kappa shape index (κ2) is 12.8. The van der Waals surface area contributed by atoms with Crippen molar-refractivity contribution in [3.8, 4) is 27.9 Å². The summed E-state index contributed by atoms with van der Waals surface area (Å²) in [5.41, 5.74) is 13.3. The summed E-state index contributed by atoms with van der Waals surface area (Å²) in [5, 5.41) is 5.98. The lowest BCUT2D eigenvalue weighted by Gasteiger charge is -2.27. The van der Waals surface area contributed by atoms with E-state index in [1.165, 1.54) is 43.7 Å². The average molecular weight is 693 g/mol. The number of anilines is 3. The maximum atomic E-state index is 6.27. The van der Waals surface area contributed by atoms with Gasteiger partial charge in [-0.3, -0.25) is 0 Å². The molecule has 0 atom stereocenters. The molecule has 2 heterocycles. The number of nitrogens with zero attached hydrogens (tertiary/aromatic N) is 2. The molecule has 0 amide bonds. The molecular weight excluding hydrogens is 657 g/mol. The summed E-state index contributed by atoms with van der Waals surface area (Å²) < 4.78 is 8.63. The van der Waals surface area contributed by atoms with E-state index < -0.39 is 0 Å². The lowest BCUT2D eigenvalue weighted by molar-refractivity contribution is 0.578. The quantitative estimate of drug-likeness (QED) is 0.166. The number of hydrogen-bond acceptors (Lipinski definition) is 2. The molecule has 10 rings (SSSR count). The third-order valence-electron chi connectivity index (χ3n) is 10.7. The normalized spacial score (nSPS) is 11.5. The highest BCUT2D eigenvalue weighted by atomic mass is 16.3. The van der Waals surface area contributed by atoms with Gasteiger partial charge in [0, 0.05) is 49.7 Å². The first-order chi connectivity index (χ1) is 26.7. The molecule has 3 heteroatoms. The second-order valence-corrected chi connectivity index (χ2v) is 13.8. The van der Waals surface area contributed by atoms with E-state index in [1.807, 2.05) is 13.0 Å². The third-order valence-corrected chi connectivity index (χ3v) is 10.7. The van der Waals surface area contributed by atoms with Gasteiger partial charge in [-0.15, -0.1) is 0 Å². The van der Waals surface area contributed by atoms with Gasteiger partial charge in [-0.25, -0.2) is 0 Å². The highest BCUT2D eigenvalue weighted by Gasteiger charge is 2.18. The molecule has 0 spiro atoms. The zero-order chi connectivity index (χ0) is 36.2. The van der Waals surface area contributed by atoms with E-state index in [4.69, 9.17) is 4.42 Å². The monoisotopic (exact) mass is 692 g/mol. The van der Waals surface area contributed by atoms with E-state index in [0.29, 0.717) is 0 Å². The molecule has 0 saturated carbocycles. The van der Waals surface area contributed by atoms with Crippen molar-refractivity contribution < 1.29 is 4.42 Å². The summed E-state index contributed by atoms with van der Waals surface area (Å²) in [7, 11) is 0. The van der Waals surface area contributed by atoms with Crippen molar-refractivity contribution in [3.63, 3.8) is 0 Å². The molecule has 54 heavy (non-hydrogen) atoms. The highest BCUT2D eigenvalue weighted by molar-refractivity contribution is 6.10. The second-order valence-electron chi connectivity index (χ2n) is 13.8. The average Bonchev–Trinajstić information content (AvgIpc) is 3.75. The fourth-order valence-electron chi connectivity index (χ4n) is 8.17. The first kappa shape index (κ1) is 31.6. The Bertz CT molecular complexity index is 3000. The van der Waals surface area contributed by atoms with Gasteiger partial charge in [0.25, 0.3) is 0 Å². The fourth-order valence-corrected chi connectivity index (χ4v) is 8.17. The van der Waals surface area contributed by atoms with E-state index in [1.54, 1.807) is 0 Å². The van der Waals surface area contributed by atoms with Crippen LogP contribution in [-0.2, 0) is 0 Å². The Labute approximate surface area is 314 Å². The van der Waals surface area contributed by atoms with Gasteiger partial charge in [0.15, 0.2) is 0 Å². The maximum Gasteiger partial charge on any atom is 0.142 e. The summed E-state index contributed by atoms with van der Waals surface area (Å²) >= 11 is 0. The zero-order valence-corrected chi connectivity index (χ0v) is 29.9. The molecule has 3 nitrogen and oxygen atoms in total. The Morgan fingerprint density at radius 1 is 0.519 bits per heavy atom. The summed E-state index contributed by atoms with van der Waals surface area (Å²) in [6, 6.07) is 65.4. The minimum atomic E-state index is 0.883. The van der Waals surface area contributed by atoms with Crippen LogP contribution in [0.25, 0.3) is 77.6 Å². The predicted molar refractivity (Wildman–Crippen MR) is 228 cm³/mol. The van der Waals surface area contributed by atoms with E-state index in [-0.39, 0.29) is 0 Å². The zero-order valence-electron chi connectivity index (χ0n) is 29.9. The van der Waals surface area contributed by atoms with Crippen molar-refractivity contribution in [3.05, 3.63) is 200 Å². The summed E-state index contributed by atoms with van der Waals surface area (Å²) in [6.45, 7) is 6.02. The largest absolute Gasteiger partial charge is 0.460 e. The van der Waals surface area contributed by atoms with Crippen LogP contribution < -0.4 is 4.90 Å². The van der Waals surface area contributed by atoms with Crippen LogP contribution in [0.3, 0.4) is 0 Å². The first-order valence-electron chi connectivity index (χ1n) is 18.4. The standard InChI is InChI=1S/C51H36N2O/c1-3-42-34(2)54-51-44(19-12-20-46(42)51)37-25-30-41(31-26-37)52(48-22-11-14-36-13-7-8-17-43(36)48)40-28-23-35(24-29-40)38-27-32-50-47(33-38)45-18-9-10-21-49(45)53(50)39-15-5-4-6-16-39/h3-33H,1H2,2H3. The van der Waals surface area contributed by atoms with Crippen LogP contribution in [0.1, 0.15) is 11.3 Å². The molecule has 0 N–H and O–H groups in total. The molecule has 0 aliphatic carbocycles. The van der Waals surface area contributed by atoms with Gasteiger partial charge >= 0.3 is 0 Å². The van der Waals surface area contributed by atoms with E-state index in [2.05, 4.69) is 198 Å². The number of aromatic nitrogens is 1. The maximum absolute atomic E-state index is 6.27. The molecule has 8 aromatic carbocycles. The van der Waals surface area contributed by atoms with Crippen LogP contribution in [0, 0.1) is 6.92 Å². The minimum Gasteiger partial charge on any atom is -0.460 e. The predicted octanol–water partition coefficient (Wildman–Crippen LogP) is 14.4. The molecule has 0 radical (unpaired) electrons. The van der Waals surface area contributed by atoms with Crippen LogP contribution >= 0.6 is 0 Å². The number of hydrogen-bond donors (Lipinski definition) is 0. The SMILES string of the molecule is C=Cc1c(C)oc2c(-c3ccc(N(c4ccc(-c5ccc6c(c5)c5ccccc5n6-c5ccccc5)cc4)c4cccc5ccccc45)cc3)cccc12. The van der Waals surface area contributed by atoms with Crippen LogP contribution in [0.4, 0.5) is 17.1 Å². The molecule has 0 saturated heterocycles. The van der Waals surface area contributed by atoms with Gasteiger partial charge in [0.1, 0.15) is 11.3 Å². The van der Waals surface area contributed by atoms with Crippen molar-refractivity contribution in [2.45, 2.75) is 6.92 Å². The number of fused-ring (bicyclic) bond motifs is 5. The molecule has 2 aromatic heterocycles. The van der Waals surface area contributed by atoms with Gasteiger partial charge in [0.05, 0.1) is 16.7 Å². The third kappa shape index (κ3) is 5.13. The summed E-state index contributed by atoms with van der Waals surface area (Å²) in [4.78, 5) is 2.36. The van der Waals surface area contributed by atoms with E-state index in [9.17, 15) is 0 Å². The molecule has 0 fully saturated rings. The summed E-state index contributed by atoms with van der Waals surface area (Å²) in [5.74, 6) is 0.883. The Balaban J connectivity index is 1.07. The number of para-hydroxylation sites is 3. The molecule has 0 aliphatic heterocycles.